The van der Waals surface area contributed by atoms with E-state index < -0.39 is 48.3 Å². The molecule has 8 atom stereocenters. The van der Waals surface area contributed by atoms with Crippen molar-refractivity contribution in [3.63, 3.8) is 0 Å². The van der Waals surface area contributed by atoms with Gasteiger partial charge >= 0.3 is 5.97 Å². The highest BCUT2D eigenvalue weighted by Gasteiger charge is 2.59. The van der Waals surface area contributed by atoms with Crippen LogP contribution in [0.4, 0.5) is 8.78 Å². The Labute approximate surface area is 156 Å². The average molecular weight is 380 g/mol. The first kappa shape index (κ1) is 18.4. The summed E-state index contributed by atoms with van der Waals surface area (Å²) in [6, 6.07) is 1.43. The normalized spacial score (nSPS) is 43.1. The van der Waals surface area contributed by atoms with Gasteiger partial charge in [-0.05, 0) is 32.6 Å². The number of hydrogen-bond donors (Lipinski definition) is 0. The number of ketones is 1. The minimum Gasteiger partial charge on any atom is -0.462 e. The molecule has 0 aromatic rings. The number of fused-ring (bicyclic) bond motifs is 2. The fraction of sp³-hybridized carbons (Fsp3) is 0.737. The van der Waals surface area contributed by atoms with Crippen LogP contribution in [0.2, 0.25) is 0 Å². The summed E-state index contributed by atoms with van der Waals surface area (Å²) in [6.45, 7) is 1.77. The molecule has 2 aliphatic heterocycles. The highest BCUT2D eigenvalue weighted by Crippen LogP contribution is 2.46. The zero-order chi connectivity index (χ0) is 19.3. The molecule has 4 rings (SSSR count). The van der Waals surface area contributed by atoms with Gasteiger partial charge in [0, 0.05) is 18.0 Å². The van der Waals surface area contributed by atoms with Crippen LogP contribution in [-0.4, -0.2) is 59.9 Å². The van der Waals surface area contributed by atoms with Gasteiger partial charge in [-0.1, -0.05) is 0 Å². The van der Waals surface area contributed by atoms with Crippen LogP contribution >= 0.6 is 0 Å². The molecule has 2 saturated carbocycles. The van der Waals surface area contributed by atoms with Crippen molar-refractivity contribution in [1.82, 2.24) is 4.90 Å². The number of rotatable bonds is 2. The Hall–Kier alpha value is -2.01. The molecule has 27 heavy (non-hydrogen) atoms. The fourth-order valence-electron chi connectivity index (χ4n) is 5.03. The number of carbonyl (C=O) groups excluding carboxylic acids is 2. The molecule has 2 heterocycles. The van der Waals surface area contributed by atoms with Gasteiger partial charge in [0.2, 0.25) is 0 Å². The monoisotopic (exact) mass is 380 g/mol. The number of nitrogens with zero attached hydrogens (tertiary/aromatic N) is 2. The summed E-state index contributed by atoms with van der Waals surface area (Å²) in [5.74, 6) is -2.26. The number of esters is 1. The van der Waals surface area contributed by atoms with Crippen molar-refractivity contribution in [3.05, 3.63) is 11.8 Å². The van der Waals surface area contributed by atoms with Gasteiger partial charge in [0.05, 0.1) is 30.9 Å². The first-order chi connectivity index (χ1) is 13.0. The van der Waals surface area contributed by atoms with Gasteiger partial charge < -0.3 is 14.4 Å². The molecule has 0 radical (unpaired) electrons. The molecule has 0 aromatic heterocycles. The molecule has 146 valence electrons. The van der Waals surface area contributed by atoms with Crippen LogP contribution in [0.3, 0.4) is 0 Å². The third kappa shape index (κ3) is 2.83. The van der Waals surface area contributed by atoms with Crippen LogP contribution in [0.25, 0.3) is 0 Å². The van der Waals surface area contributed by atoms with E-state index >= 15 is 0 Å². The lowest BCUT2D eigenvalue weighted by Crippen LogP contribution is -2.70. The zero-order valence-corrected chi connectivity index (χ0v) is 15.0. The van der Waals surface area contributed by atoms with E-state index in [1.165, 1.54) is 6.20 Å². The lowest BCUT2D eigenvalue weighted by atomic mass is 9.70. The maximum atomic E-state index is 14.6. The van der Waals surface area contributed by atoms with E-state index in [0.717, 1.165) is 0 Å². The first-order valence-electron chi connectivity index (χ1n) is 9.50. The van der Waals surface area contributed by atoms with Crippen LogP contribution in [-0.2, 0) is 19.1 Å². The number of nitriles is 1. The van der Waals surface area contributed by atoms with Crippen molar-refractivity contribution >= 4 is 11.8 Å². The van der Waals surface area contributed by atoms with Crippen molar-refractivity contribution in [3.8, 4) is 6.07 Å². The Morgan fingerprint density at radius 1 is 1.41 bits per heavy atom. The smallest absolute Gasteiger partial charge is 0.343 e. The van der Waals surface area contributed by atoms with E-state index in [9.17, 15) is 23.6 Å². The Balaban J connectivity index is 1.74. The highest BCUT2D eigenvalue weighted by atomic mass is 19.2. The molecular weight excluding hydrogens is 358 g/mol. The third-order valence-electron chi connectivity index (χ3n) is 6.26. The van der Waals surface area contributed by atoms with E-state index in [4.69, 9.17) is 9.47 Å². The summed E-state index contributed by atoms with van der Waals surface area (Å²) >= 11 is 0. The second kappa shape index (κ2) is 6.86. The second-order valence-electron chi connectivity index (χ2n) is 7.71. The van der Waals surface area contributed by atoms with Crippen molar-refractivity contribution in [2.75, 3.05) is 6.61 Å². The summed E-state index contributed by atoms with van der Waals surface area (Å²) in [5, 5.41) is 9.22. The predicted molar refractivity (Wildman–Crippen MR) is 88.7 cm³/mol. The van der Waals surface area contributed by atoms with Gasteiger partial charge in [0.25, 0.3) is 0 Å². The summed E-state index contributed by atoms with van der Waals surface area (Å²) in [6.07, 6.45) is -2.23. The van der Waals surface area contributed by atoms with Crippen molar-refractivity contribution in [1.29, 1.82) is 5.26 Å². The minimum atomic E-state index is -1.83. The van der Waals surface area contributed by atoms with E-state index in [1.54, 1.807) is 6.92 Å². The maximum absolute atomic E-state index is 14.6. The Morgan fingerprint density at radius 3 is 2.89 bits per heavy atom. The summed E-state index contributed by atoms with van der Waals surface area (Å²) in [5.41, 5.74) is -0.107. The number of carbonyl (C=O) groups is 2. The van der Waals surface area contributed by atoms with Gasteiger partial charge in [-0.25, -0.2) is 13.6 Å². The van der Waals surface area contributed by atoms with Gasteiger partial charge in [-0.15, -0.1) is 0 Å². The lowest BCUT2D eigenvalue weighted by Gasteiger charge is -2.58. The molecule has 2 aliphatic carbocycles. The van der Waals surface area contributed by atoms with Crippen molar-refractivity contribution in [2.24, 2.45) is 11.8 Å². The van der Waals surface area contributed by atoms with E-state index in [0.29, 0.717) is 19.3 Å². The second-order valence-corrected chi connectivity index (χ2v) is 7.71. The average Bonchev–Trinajstić information content (AvgIpc) is 2.67. The Bertz CT molecular complexity index is 721. The molecule has 1 saturated heterocycles. The zero-order valence-electron chi connectivity index (χ0n) is 15.0. The van der Waals surface area contributed by atoms with E-state index in [-0.39, 0.29) is 30.6 Å². The molecule has 8 heteroatoms. The SMILES string of the molecule is CCOC(=O)C1=CN2C3CCC(C#N)CC3OC3C(F)C(F)CC(C1=O)C32. The predicted octanol–water partition coefficient (Wildman–Crippen LogP) is 1.84. The molecule has 0 spiro atoms. The molecule has 0 bridgehead atoms. The van der Waals surface area contributed by atoms with Gasteiger partial charge in [-0.3, -0.25) is 4.79 Å². The van der Waals surface area contributed by atoms with Crippen molar-refractivity contribution in [2.45, 2.75) is 69.2 Å². The van der Waals surface area contributed by atoms with E-state index in [1.807, 2.05) is 4.90 Å². The first-order valence-corrected chi connectivity index (χ1v) is 9.50. The van der Waals surface area contributed by atoms with Gasteiger partial charge in [0.15, 0.2) is 12.0 Å². The lowest BCUT2D eigenvalue weighted by molar-refractivity contribution is -0.212. The standard InChI is InChI=1S/C19H22F2N2O4/c1-2-26-19(25)11-8-23-13-4-3-9(7-22)5-14(13)27-18-15(21)12(20)6-10(16(18)23)17(11)24/h8-10,12-16,18H,2-6H2,1H3. The van der Waals surface area contributed by atoms with Gasteiger partial charge in [-0.2, -0.15) is 5.26 Å². The number of Topliss-reactive ketones (excluding diaryl/α,β-unsaturated/α-hetero) is 1. The number of halogens is 2. The number of hydrogen-bond acceptors (Lipinski definition) is 6. The van der Waals surface area contributed by atoms with Crippen molar-refractivity contribution < 1.29 is 27.8 Å². The minimum absolute atomic E-state index is 0.107. The highest BCUT2D eigenvalue weighted by molar-refractivity contribution is 6.18. The Kier molecular flexibility index (Phi) is 4.66. The van der Waals surface area contributed by atoms with E-state index in [2.05, 4.69) is 6.07 Å². The Morgan fingerprint density at radius 2 is 2.19 bits per heavy atom. The van der Waals surface area contributed by atoms with Crippen LogP contribution in [0.1, 0.15) is 32.6 Å². The third-order valence-corrected chi connectivity index (χ3v) is 6.26. The fourth-order valence-corrected chi connectivity index (χ4v) is 5.03. The van der Waals surface area contributed by atoms with Crippen LogP contribution in [0.5, 0.6) is 0 Å². The van der Waals surface area contributed by atoms with Crippen LogP contribution < -0.4 is 0 Å². The summed E-state index contributed by atoms with van der Waals surface area (Å²) < 4.78 is 39.9. The number of morpholine rings is 1. The summed E-state index contributed by atoms with van der Waals surface area (Å²) in [7, 11) is 0. The summed E-state index contributed by atoms with van der Waals surface area (Å²) in [4.78, 5) is 26.9. The van der Waals surface area contributed by atoms with Gasteiger partial charge in [0.1, 0.15) is 17.8 Å². The molecule has 4 aliphatic rings. The molecular formula is C19H22F2N2O4. The van der Waals surface area contributed by atoms with Crippen LogP contribution in [0, 0.1) is 23.2 Å². The molecule has 8 unspecified atom stereocenters. The largest absolute Gasteiger partial charge is 0.462 e. The molecule has 3 fully saturated rings. The maximum Gasteiger partial charge on any atom is 0.343 e. The molecule has 0 aromatic carbocycles. The quantitative estimate of drug-likeness (QED) is 0.537. The molecule has 0 N–H and O–H groups in total. The molecule has 6 nitrogen and oxygen atoms in total. The number of ether oxygens (including phenoxy) is 2. The van der Waals surface area contributed by atoms with Crippen LogP contribution in [0.15, 0.2) is 11.8 Å². The topological polar surface area (TPSA) is 79.6 Å². The molecule has 0 amide bonds. The number of alkyl halides is 2.